The number of hydrogen-bond acceptors (Lipinski definition) is 5. The predicted octanol–water partition coefficient (Wildman–Crippen LogP) is 3.24. The molecule has 0 aliphatic rings. The van der Waals surface area contributed by atoms with Gasteiger partial charge in [-0.2, -0.15) is 5.10 Å². The molecule has 0 bridgehead atoms. The van der Waals surface area contributed by atoms with Crippen molar-refractivity contribution in [2.75, 3.05) is 26.9 Å². The second-order valence-corrected chi connectivity index (χ2v) is 6.47. The lowest BCUT2D eigenvalue weighted by molar-refractivity contribution is 0.0520. The molecule has 0 unspecified atom stereocenters. The highest BCUT2D eigenvalue weighted by Crippen LogP contribution is 2.23. The maximum Gasteiger partial charge on any atom is 0.345 e. The minimum Gasteiger partial charge on any atom is -0.477 e. The van der Waals surface area contributed by atoms with Crippen LogP contribution < -0.4 is 4.74 Å². The Bertz CT molecular complexity index is 533. The molecule has 1 aromatic heterocycles. The summed E-state index contributed by atoms with van der Waals surface area (Å²) in [5.74, 6) is 0.311. The third-order valence-electron chi connectivity index (χ3n) is 2.98. The Morgan fingerprint density at radius 2 is 2.13 bits per heavy atom. The molecule has 6 nitrogen and oxygen atoms in total. The summed E-state index contributed by atoms with van der Waals surface area (Å²) in [6.07, 6.45) is 5.24. The number of carbonyl (C=O) groups is 1. The highest BCUT2D eigenvalue weighted by Gasteiger charge is 2.20. The van der Waals surface area contributed by atoms with Gasteiger partial charge in [-0.15, -0.1) is 0 Å². The third-order valence-corrected chi connectivity index (χ3v) is 2.98. The fourth-order valence-corrected chi connectivity index (χ4v) is 1.89. The van der Waals surface area contributed by atoms with Gasteiger partial charge in [-0.3, -0.25) is 0 Å². The summed E-state index contributed by atoms with van der Waals surface area (Å²) in [5, 5.41) is 4.22. The van der Waals surface area contributed by atoms with Crippen molar-refractivity contribution in [3.8, 4) is 5.88 Å². The monoisotopic (exact) mass is 324 g/mol. The van der Waals surface area contributed by atoms with E-state index in [-0.39, 0.29) is 5.41 Å². The molecule has 0 spiro atoms. The maximum atomic E-state index is 12.0. The normalized spacial score (nSPS) is 12.1. The lowest BCUT2D eigenvalue weighted by atomic mass is 9.95. The lowest BCUT2D eigenvalue weighted by Gasteiger charge is -2.18. The van der Waals surface area contributed by atoms with E-state index < -0.39 is 5.97 Å². The first kappa shape index (κ1) is 19.2. The molecule has 0 saturated heterocycles. The summed E-state index contributed by atoms with van der Waals surface area (Å²) < 4.78 is 17.6. The minimum atomic E-state index is -0.429. The SMILES string of the molecule is CCOC(=O)c1cnn(C=CC(C)(C)COC)c1OCC(C)C. The van der Waals surface area contributed by atoms with Crippen molar-refractivity contribution in [3.05, 3.63) is 17.8 Å². The van der Waals surface area contributed by atoms with Crippen LogP contribution in [0.2, 0.25) is 0 Å². The molecule has 0 fully saturated rings. The van der Waals surface area contributed by atoms with Gasteiger partial charge in [0.15, 0.2) is 0 Å². The van der Waals surface area contributed by atoms with E-state index in [1.807, 2.05) is 19.9 Å². The van der Waals surface area contributed by atoms with Crippen molar-refractivity contribution in [2.24, 2.45) is 11.3 Å². The van der Waals surface area contributed by atoms with Gasteiger partial charge in [-0.1, -0.05) is 33.8 Å². The van der Waals surface area contributed by atoms with Crippen molar-refractivity contribution in [1.29, 1.82) is 0 Å². The summed E-state index contributed by atoms with van der Waals surface area (Å²) in [6, 6.07) is 0. The van der Waals surface area contributed by atoms with Crippen LogP contribution in [0.4, 0.5) is 0 Å². The van der Waals surface area contributed by atoms with Crippen LogP contribution in [-0.4, -0.2) is 42.7 Å². The van der Waals surface area contributed by atoms with Crippen LogP contribution in [0.3, 0.4) is 0 Å². The smallest absolute Gasteiger partial charge is 0.345 e. The quantitative estimate of drug-likeness (QED) is 0.653. The molecule has 1 aromatic rings. The van der Waals surface area contributed by atoms with Gasteiger partial charge < -0.3 is 14.2 Å². The average molecular weight is 324 g/mol. The molecule has 0 N–H and O–H groups in total. The van der Waals surface area contributed by atoms with Gasteiger partial charge in [0.1, 0.15) is 5.56 Å². The van der Waals surface area contributed by atoms with Crippen molar-refractivity contribution in [1.82, 2.24) is 9.78 Å². The lowest BCUT2D eigenvalue weighted by Crippen LogP contribution is -2.15. The molecule has 0 radical (unpaired) electrons. The van der Waals surface area contributed by atoms with Crippen molar-refractivity contribution < 1.29 is 19.0 Å². The molecule has 0 atom stereocenters. The van der Waals surface area contributed by atoms with E-state index in [2.05, 4.69) is 18.9 Å². The van der Waals surface area contributed by atoms with E-state index >= 15 is 0 Å². The van der Waals surface area contributed by atoms with Crippen molar-refractivity contribution in [2.45, 2.75) is 34.6 Å². The Labute approximate surface area is 138 Å². The van der Waals surface area contributed by atoms with Gasteiger partial charge in [-0.25, -0.2) is 9.48 Å². The van der Waals surface area contributed by atoms with Gasteiger partial charge >= 0.3 is 5.97 Å². The molecule has 0 aromatic carbocycles. The number of carbonyl (C=O) groups excluding carboxylic acids is 1. The summed E-state index contributed by atoms with van der Waals surface area (Å²) in [4.78, 5) is 12.0. The first-order valence-electron chi connectivity index (χ1n) is 7.86. The molecule has 23 heavy (non-hydrogen) atoms. The number of nitrogens with zero attached hydrogens (tertiary/aromatic N) is 2. The zero-order chi connectivity index (χ0) is 17.5. The Kier molecular flexibility index (Phi) is 7.29. The zero-order valence-electron chi connectivity index (χ0n) is 15.0. The van der Waals surface area contributed by atoms with Crippen molar-refractivity contribution in [3.63, 3.8) is 0 Å². The fourth-order valence-electron chi connectivity index (χ4n) is 1.89. The second-order valence-electron chi connectivity index (χ2n) is 6.47. The van der Waals surface area contributed by atoms with Gasteiger partial charge in [0.25, 0.3) is 0 Å². The number of ether oxygens (including phenoxy) is 3. The molecular formula is C17H28N2O4. The van der Waals surface area contributed by atoms with E-state index in [0.29, 0.717) is 37.2 Å². The zero-order valence-corrected chi connectivity index (χ0v) is 15.0. The van der Waals surface area contributed by atoms with E-state index in [4.69, 9.17) is 14.2 Å². The van der Waals surface area contributed by atoms with Crippen LogP contribution in [-0.2, 0) is 9.47 Å². The van der Waals surface area contributed by atoms with E-state index in [1.54, 1.807) is 24.9 Å². The van der Waals surface area contributed by atoms with Crippen LogP contribution in [0.1, 0.15) is 45.0 Å². The third kappa shape index (κ3) is 6.06. The predicted molar refractivity (Wildman–Crippen MR) is 89.5 cm³/mol. The number of hydrogen-bond donors (Lipinski definition) is 0. The molecule has 0 aliphatic heterocycles. The molecular weight excluding hydrogens is 296 g/mol. The van der Waals surface area contributed by atoms with Crippen LogP contribution in [0, 0.1) is 11.3 Å². The summed E-state index contributed by atoms with van der Waals surface area (Å²) in [6.45, 7) is 11.3. The number of rotatable bonds is 9. The Hall–Kier alpha value is -1.82. The Balaban J connectivity index is 3.06. The molecule has 130 valence electrons. The maximum absolute atomic E-state index is 12.0. The standard InChI is InChI=1S/C17H28N2O4/c1-7-22-16(20)14-10-18-19(15(14)23-11-13(2)3)9-8-17(4,5)12-21-6/h8-10,13H,7,11-12H2,1-6H3. The van der Waals surface area contributed by atoms with E-state index in [1.165, 1.54) is 6.20 Å². The highest BCUT2D eigenvalue weighted by molar-refractivity contribution is 5.91. The second kappa shape index (κ2) is 8.72. The van der Waals surface area contributed by atoms with E-state index in [9.17, 15) is 4.79 Å². The first-order valence-corrected chi connectivity index (χ1v) is 7.86. The minimum absolute atomic E-state index is 0.153. The molecule has 1 rings (SSSR count). The molecule has 0 aliphatic carbocycles. The topological polar surface area (TPSA) is 62.6 Å². The molecule has 6 heteroatoms. The summed E-state index contributed by atoms with van der Waals surface area (Å²) >= 11 is 0. The fraction of sp³-hybridized carbons (Fsp3) is 0.647. The molecule has 1 heterocycles. The average Bonchev–Trinajstić information content (AvgIpc) is 2.86. The number of esters is 1. The van der Waals surface area contributed by atoms with E-state index in [0.717, 1.165) is 0 Å². The Morgan fingerprint density at radius 3 is 2.70 bits per heavy atom. The van der Waals surface area contributed by atoms with Crippen LogP contribution in [0.15, 0.2) is 12.3 Å². The van der Waals surface area contributed by atoms with Crippen LogP contribution in [0.25, 0.3) is 6.20 Å². The number of aromatic nitrogens is 2. The highest BCUT2D eigenvalue weighted by atomic mass is 16.5. The molecule has 0 amide bonds. The van der Waals surface area contributed by atoms with Crippen LogP contribution >= 0.6 is 0 Å². The molecule has 0 saturated carbocycles. The largest absolute Gasteiger partial charge is 0.477 e. The van der Waals surface area contributed by atoms with Crippen LogP contribution in [0.5, 0.6) is 5.88 Å². The van der Waals surface area contributed by atoms with Gasteiger partial charge in [0.05, 0.1) is 26.0 Å². The summed E-state index contributed by atoms with van der Waals surface area (Å²) in [5.41, 5.74) is 0.182. The Morgan fingerprint density at radius 1 is 1.43 bits per heavy atom. The van der Waals surface area contributed by atoms with Gasteiger partial charge in [0.2, 0.25) is 5.88 Å². The van der Waals surface area contributed by atoms with Gasteiger partial charge in [-0.05, 0) is 12.8 Å². The van der Waals surface area contributed by atoms with Crippen molar-refractivity contribution >= 4 is 12.2 Å². The number of methoxy groups -OCH3 is 1. The summed E-state index contributed by atoms with van der Waals surface area (Å²) in [7, 11) is 1.67. The van der Waals surface area contributed by atoms with Gasteiger partial charge in [0, 0.05) is 18.7 Å². The first-order chi connectivity index (χ1) is 10.8.